The fourth-order valence-corrected chi connectivity index (χ4v) is 4.05. The Bertz CT molecular complexity index is 1260. The Morgan fingerprint density at radius 1 is 1.05 bits per heavy atom. The van der Waals surface area contributed by atoms with E-state index in [1.54, 1.807) is 47.6 Å². The Kier molecular flexibility index (Phi) is 8.40. The molecule has 2 aromatic carbocycles. The van der Waals surface area contributed by atoms with Crippen LogP contribution in [0.5, 0.6) is 17.2 Å². The summed E-state index contributed by atoms with van der Waals surface area (Å²) in [4.78, 5) is 42.7. The highest BCUT2D eigenvalue weighted by atomic mass is 19.1. The van der Waals surface area contributed by atoms with Crippen LogP contribution in [-0.4, -0.2) is 54.3 Å². The number of nitrogens with zero attached hydrogens (tertiary/aromatic N) is 1. The van der Waals surface area contributed by atoms with Gasteiger partial charge in [0.05, 0.1) is 12.7 Å². The molecule has 0 spiro atoms. The van der Waals surface area contributed by atoms with Crippen LogP contribution in [0, 0.1) is 5.82 Å². The lowest BCUT2D eigenvalue weighted by molar-refractivity contribution is -0.121. The van der Waals surface area contributed by atoms with E-state index in [0.29, 0.717) is 55.1 Å². The molecule has 3 aromatic rings. The predicted molar refractivity (Wildman–Crippen MR) is 134 cm³/mol. The van der Waals surface area contributed by atoms with Gasteiger partial charge in [0.2, 0.25) is 5.91 Å². The largest absolute Gasteiger partial charge is 0.493 e. The second-order valence-corrected chi connectivity index (χ2v) is 8.57. The number of hydrogen-bond donors (Lipinski definition) is 3. The number of benzene rings is 2. The van der Waals surface area contributed by atoms with Gasteiger partial charge in [-0.1, -0.05) is 6.07 Å². The number of aromatic amines is 1. The standard InChI is InChI=1S/C27H29FN4O5/c1-36-24-15-18-8-9-23(24)37-22-6-2-5-21(28)20(22)17-31-25(33)7-3-13-32(14-4-11-30-26(18)34)27(35)19-10-12-29-16-19/h2,5-6,8-10,12,15-16,29H,3-4,7,11,13-14,17H2,1H3,(H,30,34)(H,31,33). The zero-order valence-electron chi connectivity index (χ0n) is 20.5. The first-order chi connectivity index (χ1) is 18.0. The Morgan fingerprint density at radius 2 is 1.89 bits per heavy atom. The maximum Gasteiger partial charge on any atom is 0.255 e. The molecule has 194 valence electrons. The van der Waals surface area contributed by atoms with Crippen molar-refractivity contribution < 1.29 is 28.2 Å². The predicted octanol–water partition coefficient (Wildman–Crippen LogP) is 3.63. The summed E-state index contributed by atoms with van der Waals surface area (Å²) in [5, 5.41) is 5.60. The molecule has 0 unspecified atom stereocenters. The van der Waals surface area contributed by atoms with Gasteiger partial charge >= 0.3 is 0 Å². The molecular formula is C27H29FN4O5. The minimum absolute atomic E-state index is 0.0738. The van der Waals surface area contributed by atoms with E-state index < -0.39 is 5.82 Å². The molecule has 3 N–H and O–H groups in total. The molecule has 0 atom stereocenters. The molecule has 0 fully saturated rings. The molecule has 0 radical (unpaired) electrons. The summed E-state index contributed by atoms with van der Waals surface area (Å²) in [6.45, 7) is 1.04. The highest BCUT2D eigenvalue weighted by Gasteiger charge is 2.19. The van der Waals surface area contributed by atoms with Gasteiger partial charge in [0.15, 0.2) is 11.5 Å². The Balaban J connectivity index is 1.59. The Morgan fingerprint density at radius 3 is 2.68 bits per heavy atom. The van der Waals surface area contributed by atoms with E-state index in [2.05, 4.69) is 15.6 Å². The van der Waals surface area contributed by atoms with Gasteiger partial charge < -0.3 is 30.0 Å². The number of rotatable bonds is 2. The van der Waals surface area contributed by atoms with E-state index >= 15 is 0 Å². The summed E-state index contributed by atoms with van der Waals surface area (Å²) in [7, 11) is 1.45. The third-order valence-electron chi connectivity index (χ3n) is 6.04. The van der Waals surface area contributed by atoms with E-state index in [9.17, 15) is 18.8 Å². The van der Waals surface area contributed by atoms with Gasteiger partial charge in [0.1, 0.15) is 11.6 Å². The van der Waals surface area contributed by atoms with Gasteiger partial charge in [-0.3, -0.25) is 14.4 Å². The molecule has 9 nitrogen and oxygen atoms in total. The van der Waals surface area contributed by atoms with Gasteiger partial charge in [0.25, 0.3) is 11.8 Å². The van der Waals surface area contributed by atoms with Crippen molar-refractivity contribution >= 4 is 17.7 Å². The van der Waals surface area contributed by atoms with E-state index in [-0.39, 0.29) is 42.0 Å². The number of hydrogen-bond acceptors (Lipinski definition) is 5. The number of H-pyrrole nitrogens is 1. The molecule has 37 heavy (non-hydrogen) atoms. The third-order valence-corrected chi connectivity index (χ3v) is 6.04. The first-order valence-corrected chi connectivity index (χ1v) is 12.1. The van der Waals surface area contributed by atoms with Crippen molar-refractivity contribution in [2.75, 3.05) is 26.7 Å². The van der Waals surface area contributed by atoms with Gasteiger partial charge in [-0.05, 0) is 49.2 Å². The molecule has 0 saturated carbocycles. The molecule has 3 amide bonds. The van der Waals surface area contributed by atoms with Crippen molar-refractivity contribution in [3.63, 3.8) is 0 Å². The third kappa shape index (κ3) is 6.46. The first kappa shape index (κ1) is 25.7. The summed E-state index contributed by atoms with van der Waals surface area (Å²) < 4.78 is 26.0. The van der Waals surface area contributed by atoms with Crippen LogP contribution < -0.4 is 20.1 Å². The molecule has 0 aliphatic carbocycles. The normalized spacial score (nSPS) is 15.4. The van der Waals surface area contributed by atoms with Gasteiger partial charge in [-0.25, -0.2) is 4.39 Å². The van der Waals surface area contributed by atoms with Crippen LogP contribution in [0.25, 0.3) is 0 Å². The van der Waals surface area contributed by atoms with E-state index in [1.807, 2.05) is 0 Å². The summed E-state index contributed by atoms with van der Waals surface area (Å²) in [5.41, 5.74) is 1.07. The summed E-state index contributed by atoms with van der Waals surface area (Å²) in [6.07, 6.45) is 4.41. The van der Waals surface area contributed by atoms with Gasteiger partial charge in [-0.15, -0.1) is 0 Å². The molecule has 3 heterocycles. The van der Waals surface area contributed by atoms with Crippen LogP contribution in [0.15, 0.2) is 54.9 Å². The highest BCUT2D eigenvalue weighted by molar-refractivity contribution is 5.95. The number of fused-ring (bicyclic) bond motifs is 13. The van der Waals surface area contributed by atoms with Crippen molar-refractivity contribution in [1.29, 1.82) is 0 Å². The fourth-order valence-electron chi connectivity index (χ4n) is 4.05. The van der Waals surface area contributed by atoms with Gasteiger partial charge in [-0.2, -0.15) is 0 Å². The number of ether oxygens (including phenoxy) is 2. The minimum atomic E-state index is -0.526. The van der Waals surface area contributed by atoms with Crippen LogP contribution in [0.2, 0.25) is 0 Å². The van der Waals surface area contributed by atoms with Crippen molar-refractivity contribution in [2.24, 2.45) is 0 Å². The molecule has 2 aliphatic rings. The zero-order valence-corrected chi connectivity index (χ0v) is 20.5. The Labute approximate surface area is 214 Å². The number of nitrogens with one attached hydrogen (secondary N) is 3. The summed E-state index contributed by atoms with van der Waals surface area (Å²) >= 11 is 0. The zero-order chi connectivity index (χ0) is 26.2. The number of amides is 3. The highest BCUT2D eigenvalue weighted by Crippen LogP contribution is 2.34. The SMILES string of the molecule is COc1cc2ccc1Oc1cccc(F)c1CNC(=O)CCCN(C(=O)c1cc[nH]c1)CCCNC2=O. The fraction of sp³-hybridized carbons (Fsp3) is 0.296. The van der Waals surface area contributed by atoms with Crippen LogP contribution in [0.1, 0.15) is 45.5 Å². The Hall–Kier alpha value is -4.34. The van der Waals surface area contributed by atoms with E-state index in [1.165, 1.54) is 19.2 Å². The molecule has 0 saturated heterocycles. The minimum Gasteiger partial charge on any atom is -0.493 e. The van der Waals surface area contributed by atoms with Crippen molar-refractivity contribution in [3.8, 4) is 17.2 Å². The maximum atomic E-state index is 14.7. The lowest BCUT2D eigenvalue weighted by Crippen LogP contribution is -2.35. The average Bonchev–Trinajstić information content (AvgIpc) is 3.44. The number of halogens is 1. The van der Waals surface area contributed by atoms with E-state index in [0.717, 1.165) is 0 Å². The lowest BCUT2D eigenvalue weighted by Gasteiger charge is -2.22. The lowest BCUT2D eigenvalue weighted by atomic mass is 10.1. The second kappa shape index (κ2) is 12.1. The number of carbonyl (C=O) groups excluding carboxylic acids is 3. The van der Waals surface area contributed by atoms with Crippen LogP contribution in [-0.2, 0) is 11.3 Å². The smallest absolute Gasteiger partial charge is 0.255 e. The molecule has 10 heteroatoms. The summed E-state index contributed by atoms with van der Waals surface area (Å²) in [6, 6.07) is 10.8. The van der Waals surface area contributed by atoms with Crippen molar-refractivity contribution in [3.05, 3.63) is 77.4 Å². The number of methoxy groups -OCH3 is 1. The first-order valence-electron chi connectivity index (χ1n) is 12.1. The second-order valence-electron chi connectivity index (χ2n) is 8.57. The van der Waals surface area contributed by atoms with Crippen LogP contribution in [0.3, 0.4) is 0 Å². The van der Waals surface area contributed by atoms with Crippen molar-refractivity contribution in [1.82, 2.24) is 20.5 Å². The monoisotopic (exact) mass is 508 g/mol. The molecule has 2 bridgehead atoms. The molecule has 2 aliphatic heterocycles. The van der Waals surface area contributed by atoms with Crippen molar-refractivity contribution in [2.45, 2.75) is 25.8 Å². The average molecular weight is 509 g/mol. The quantitative estimate of drug-likeness (QED) is 0.489. The maximum absolute atomic E-state index is 14.7. The van der Waals surface area contributed by atoms with Crippen LogP contribution in [0.4, 0.5) is 4.39 Å². The van der Waals surface area contributed by atoms with Gasteiger partial charge in [0, 0.05) is 56.1 Å². The topological polar surface area (TPSA) is 113 Å². The number of carbonyl (C=O) groups is 3. The number of aromatic nitrogens is 1. The molecule has 1 aromatic heterocycles. The van der Waals surface area contributed by atoms with E-state index in [4.69, 9.17) is 9.47 Å². The molecular weight excluding hydrogens is 479 g/mol. The van der Waals surface area contributed by atoms with Crippen LogP contribution >= 0.6 is 0 Å². The molecule has 5 rings (SSSR count). The summed E-state index contributed by atoms with van der Waals surface area (Å²) in [5.74, 6) is -0.434.